The minimum atomic E-state index is 0.444. The molecular formula is C10H12ClN3O. The molecule has 0 atom stereocenters. The highest BCUT2D eigenvalue weighted by Crippen LogP contribution is 2.13. The van der Waals surface area contributed by atoms with Crippen molar-refractivity contribution in [2.45, 2.75) is 19.8 Å². The largest absolute Gasteiger partial charge is 0.477 e. The van der Waals surface area contributed by atoms with E-state index in [0.29, 0.717) is 17.6 Å². The van der Waals surface area contributed by atoms with Crippen LogP contribution >= 0.6 is 11.6 Å². The predicted octanol–water partition coefficient (Wildman–Crippen LogP) is 2.56. The van der Waals surface area contributed by atoms with E-state index in [1.165, 1.54) is 0 Å². The second-order valence-electron chi connectivity index (χ2n) is 3.24. The van der Waals surface area contributed by atoms with Crippen LogP contribution in [0.25, 0.3) is 5.65 Å². The summed E-state index contributed by atoms with van der Waals surface area (Å²) in [6, 6.07) is 3.52. The summed E-state index contributed by atoms with van der Waals surface area (Å²) >= 11 is 5.75. The van der Waals surface area contributed by atoms with E-state index in [9.17, 15) is 0 Å². The second kappa shape index (κ2) is 4.49. The van der Waals surface area contributed by atoms with Gasteiger partial charge in [0, 0.05) is 0 Å². The van der Waals surface area contributed by atoms with Gasteiger partial charge in [-0.3, -0.25) is 0 Å². The summed E-state index contributed by atoms with van der Waals surface area (Å²) in [6.07, 6.45) is 3.87. The van der Waals surface area contributed by atoms with E-state index in [-0.39, 0.29) is 0 Å². The third kappa shape index (κ3) is 2.39. The van der Waals surface area contributed by atoms with Crippen LogP contribution in [-0.2, 0) is 0 Å². The average molecular weight is 226 g/mol. The maximum Gasteiger partial charge on any atom is 0.234 e. The standard InChI is InChI=1S/C10H12ClN3O/c1-2-3-6-15-10-7-14-9(12-10)5-4-8(11)13-14/h4-5,7H,2-3,6H2,1H3. The van der Waals surface area contributed by atoms with Crippen LogP contribution in [0, 0.1) is 0 Å². The molecule has 0 unspecified atom stereocenters. The first kappa shape index (κ1) is 10.2. The van der Waals surface area contributed by atoms with Gasteiger partial charge in [0.05, 0.1) is 12.8 Å². The number of imidazole rings is 1. The van der Waals surface area contributed by atoms with Crippen LogP contribution in [-0.4, -0.2) is 21.2 Å². The molecule has 0 aliphatic rings. The Morgan fingerprint density at radius 1 is 1.47 bits per heavy atom. The monoisotopic (exact) mass is 225 g/mol. The first-order valence-electron chi connectivity index (χ1n) is 4.94. The van der Waals surface area contributed by atoms with Crippen LogP contribution in [0.5, 0.6) is 5.88 Å². The molecule has 5 heteroatoms. The van der Waals surface area contributed by atoms with Gasteiger partial charge in [0.2, 0.25) is 5.88 Å². The number of ether oxygens (including phenoxy) is 1. The maximum atomic E-state index is 5.75. The lowest BCUT2D eigenvalue weighted by Crippen LogP contribution is -1.96. The molecule has 0 fully saturated rings. The number of nitrogens with zero attached hydrogens (tertiary/aromatic N) is 3. The van der Waals surface area contributed by atoms with Crippen LogP contribution in [0.1, 0.15) is 19.8 Å². The zero-order valence-corrected chi connectivity index (χ0v) is 9.24. The zero-order valence-electron chi connectivity index (χ0n) is 8.48. The predicted molar refractivity (Wildman–Crippen MR) is 58.4 cm³/mol. The van der Waals surface area contributed by atoms with Crippen LogP contribution in [0.2, 0.25) is 5.15 Å². The molecule has 0 aliphatic heterocycles. The highest BCUT2D eigenvalue weighted by atomic mass is 35.5. The molecule has 0 aliphatic carbocycles. The van der Waals surface area contributed by atoms with Gasteiger partial charge in [-0.2, -0.15) is 10.1 Å². The first-order chi connectivity index (χ1) is 7.29. The Balaban J connectivity index is 2.16. The quantitative estimate of drug-likeness (QED) is 0.751. The van der Waals surface area contributed by atoms with E-state index >= 15 is 0 Å². The SMILES string of the molecule is CCCCOc1cn2nc(Cl)ccc2n1. The molecule has 80 valence electrons. The normalized spacial score (nSPS) is 10.8. The molecule has 2 aromatic heterocycles. The van der Waals surface area contributed by atoms with Crippen molar-refractivity contribution in [3.05, 3.63) is 23.5 Å². The van der Waals surface area contributed by atoms with Crippen LogP contribution < -0.4 is 4.74 Å². The van der Waals surface area contributed by atoms with Gasteiger partial charge in [-0.1, -0.05) is 24.9 Å². The van der Waals surface area contributed by atoms with Gasteiger partial charge in [-0.15, -0.1) is 0 Å². The third-order valence-electron chi connectivity index (χ3n) is 2.01. The number of rotatable bonds is 4. The first-order valence-corrected chi connectivity index (χ1v) is 5.32. The molecule has 0 amide bonds. The van der Waals surface area contributed by atoms with Gasteiger partial charge < -0.3 is 4.74 Å². The van der Waals surface area contributed by atoms with E-state index < -0.39 is 0 Å². The topological polar surface area (TPSA) is 39.4 Å². The fourth-order valence-electron chi connectivity index (χ4n) is 1.23. The number of unbranched alkanes of at least 4 members (excludes halogenated alkanes) is 1. The minimum Gasteiger partial charge on any atom is -0.477 e. The van der Waals surface area contributed by atoms with E-state index in [1.54, 1.807) is 16.8 Å². The molecule has 2 heterocycles. The van der Waals surface area contributed by atoms with Crippen LogP contribution in [0.3, 0.4) is 0 Å². The molecular weight excluding hydrogens is 214 g/mol. The highest BCUT2D eigenvalue weighted by Gasteiger charge is 2.03. The lowest BCUT2D eigenvalue weighted by Gasteiger charge is -1.98. The Labute approximate surface area is 92.8 Å². The number of halogens is 1. The van der Waals surface area contributed by atoms with Gasteiger partial charge in [0.25, 0.3) is 0 Å². The summed E-state index contributed by atoms with van der Waals surface area (Å²) in [6.45, 7) is 2.81. The molecule has 4 nitrogen and oxygen atoms in total. The summed E-state index contributed by atoms with van der Waals surface area (Å²) in [5.41, 5.74) is 0.742. The molecule has 0 spiro atoms. The van der Waals surface area contributed by atoms with Gasteiger partial charge in [-0.05, 0) is 18.6 Å². The van der Waals surface area contributed by atoms with Crippen molar-refractivity contribution in [3.8, 4) is 5.88 Å². The number of hydrogen-bond acceptors (Lipinski definition) is 3. The fraction of sp³-hybridized carbons (Fsp3) is 0.400. The van der Waals surface area contributed by atoms with E-state index in [4.69, 9.17) is 16.3 Å². The Hall–Kier alpha value is -1.29. The van der Waals surface area contributed by atoms with Crippen molar-refractivity contribution in [2.75, 3.05) is 6.61 Å². The van der Waals surface area contributed by atoms with Gasteiger partial charge in [0.1, 0.15) is 5.15 Å². The zero-order chi connectivity index (χ0) is 10.7. The molecule has 2 aromatic rings. The minimum absolute atomic E-state index is 0.444. The molecule has 2 rings (SSSR count). The average Bonchev–Trinajstić information content (AvgIpc) is 2.60. The smallest absolute Gasteiger partial charge is 0.234 e. The molecule has 0 bridgehead atoms. The summed E-state index contributed by atoms with van der Waals surface area (Å²) in [5.74, 6) is 0.596. The molecule has 0 aromatic carbocycles. The highest BCUT2D eigenvalue weighted by molar-refractivity contribution is 6.29. The van der Waals surface area contributed by atoms with Gasteiger partial charge in [0.15, 0.2) is 5.65 Å². The van der Waals surface area contributed by atoms with Crippen molar-refractivity contribution in [1.29, 1.82) is 0 Å². The molecule has 15 heavy (non-hydrogen) atoms. The number of hydrogen-bond donors (Lipinski definition) is 0. The summed E-state index contributed by atoms with van der Waals surface area (Å²) in [5, 5.41) is 4.51. The van der Waals surface area contributed by atoms with Crippen molar-refractivity contribution in [1.82, 2.24) is 14.6 Å². The maximum absolute atomic E-state index is 5.75. The molecule has 0 saturated carbocycles. The van der Waals surface area contributed by atoms with Crippen LogP contribution in [0.4, 0.5) is 0 Å². The Morgan fingerprint density at radius 2 is 2.33 bits per heavy atom. The van der Waals surface area contributed by atoms with Crippen LogP contribution in [0.15, 0.2) is 18.3 Å². The molecule has 0 saturated heterocycles. The van der Waals surface area contributed by atoms with Crippen molar-refractivity contribution >= 4 is 17.2 Å². The van der Waals surface area contributed by atoms with Gasteiger partial charge >= 0.3 is 0 Å². The Morgan fingerprint density at radius 3 is 3.13 bits per heavy atom. The fourth-order valence-corrected chi connectivity index (χ4v) is 1.37. The lowest BCUT2D eigenvalue weighted by molar-refractivity contribution is 0.299. The Bertz CT molecular complexity index is 455. The van der Waals surface area contributed by atoms with Crippen molar-refractivity contribution in [2.24, 2.45) is 0 Å². The summed E-state index contributed by atoms with van der Waals surface area (Å²) in [4.78, 5) is 4.25. The molecule has 0 N–H and O–H groups in total. The van der Waals surface area contributed by atoms with Crippen molar-refractivity contribution in [3.63, 3.8) is 0 Å². The molecule has 0 radical (unpaired) electrons. The summed E-state index contributed by atoms with van der Waals surface area (Å²) in [7, 11) is 0. The number of fused-ring (bicyclic) bond motifs is 1. The second-order valence-corrected chi connectivity index (χ2v) is 3.63. The Kier molecular flexibility index (Phi) is 3.06. The number of aromatic nitrogens is 3. The van der Waals surface area contributed by atoms with Crippen molar-refractivity contribution < 1.29 is 4.74 Å². The third-order valence-corrected chi connectivity index (χ3v) is 2.21. The lowest BCUT2D eigenvalue weighted by atomic mass is 10.4. The summed E-state index contributed by atoms with van der Waals surface area (Å²) < 4.78 is 7.07. The van der Waals surface area contributed by atoms with E-state index in [0.717, 1.165) is 18.5 Å². The van der Waals surface area contributed by atoms with E-state index in [2.05, 4.69) is 17.0 Å². The van der Waals surface area contributed by atoms with Gasteiger partial charge in [-0.25, -0.2) is 4.52 Å². The van der Waals surface area contributed by atoms with E-state index in [1.807, 2.05) is 6.07 Å².